The molecule has 198 valence electrons. The second kappa shape index (κ2) is 9.63. The van der Waals surface area contributed by atoms with E-state index in [1.54, 1.807) is 12.3 Å². The summed E-state index contributed by atoms with van der Waals surface area (Å²) in [4.78, 5) is 47.8. The number of carbonyl (C=O) groups excluding carboxylic acids is 3. The first-order valence-corrected chi connectivity index (χ1v) is 14.1. The first-order chi connectivity index (χ1) is 19.0. The Kier molecular flexibility index (Phi) is 5.94. The summed E-state index contributed by atoms with van der Waals surface area (Å²) in [5.74, 6) is 1.53. The SMILES string of the molecule is O=C(NC[C@H]1C[C@@H]2C=C[C@H]1C2)C1CCN(c2cccc3c2C(=O)N(Cc2cnc4ccccc4c2)C3=O)CC1. The molecule has 1 aromatic heterocycles. The van der Waals surface area contributed by atoms with Crippen LogP contribution in [-0.4, -0.2) is 47.2 Å². The van der Waals surface area contributed by atoms with E-state index in [-0.39, 0.29) is 30.2 Å². The van der Waals surface area contributed by atoms with Crippen LogP contribution < -0.4 is 10.2 Å². The minimum absolute atomic E-state index is 0.0126. The number of hydrogen-bond donors (Lipinski definition) is 1. The number of hydrogen-bond acceptors (Lipinski definition) is 5. The number of allylic oxidation sites excluding steroid dienone is 2. The van der Waals surface area contributed by atoms with E-state index >= 15 is 0 Å². The molecule has 1 saturated heterocycles. The van der Waals surface area contributed by atoms with Crippen molar-refractivity contribution in [3.05, 3.63) is 83.6 Å². The molecule has 2 aromatic carbocycles. The van der Waals surface area contributed by atoms with Crippen LogP contribution in [0.4, 0.5) is 5.69 Å². The topological polar surface area (TPSA) is 82.6 Å². The van der Waals surface area contributed by atoms with Crippen molar-refractivity contribution in [2.45, 2.75) is 32.2 Å². The highest BCUT2D eigenvalue weighted by atomic mass is 16.2. The molecule has 1 N–H and O–H groups in total. The number of piperidine rings is 1. The number of benzene rings is 2. The van der Waals surface area contributed by atoms with Crippen LogP contribution in [-0.2, 0) is 11.3 Å². The maximum atomic E-state index is 13.6. The zero-order chi connectivity index (χ0) is 26.5. The minimum atomic E-state index is -0.269. The summed E-state index contributed by atoms with van der Waals surface area (Å²) in [6, 6.07) is 15.3. The van der Waals surface area contributed by atoms with Crippen molar-refractivity contribution >= 4 is 34.3 Å². The van der Waals surface area contributed by atoms with Gasteiger partial charge in [-0.05, 0) is 73.3 Å². The van der Waals surface area contributed by atoms with Crippen LogP contribution in [0.15, 0.2) is 66.9 Å². The molecule has 4 aliphatic rings. The van der Waals surface area contributed by atoms with E-state index in [4.69, 9.17) is 0 Å². The van der Waals surface area contributed by atoms with Crippen LogP contribution in [0, 0.1) is 23.7 Å². The lowest BCUT2D eigenvalue weighted by atomic mass is 9.92. The highest BCUT2D eigenvalue weighted by Crippen LogP contribution is 2.43. The summed E-state index contributed by atoms with van der Waals surface area (Å²) in [7, 11) is 0. The number of pyridine rings is 1. The Balaban J connectivity index is 1.01. The van der Waals surface area contributed by atoms with Gasteiger partial charge in [-0.3, -0.25) is 24.3 Å². The van der Waals surface area contributed by atoms with E-state index in [0.29, 0.717) is 42.0 Å². The summed E-state index contributed by atoms with van der Waals surface area (Å²) < 4.78 is 0. The van der Waals surface area contributed by atoms with Crippen molar-refractivity contribution in [2.24, 2.45) is 23.7 Å². The summed E-state index contributed by atoms with van der Waals surface area (Å²) in [5, 5.41) is 4.20. The molecule has 3 atom stereocenters. The molecule has 2 bridgehead atoms. The van der Waals surface area contributed by atoms with Gasteiger partial charge < -0.3 is 10.2 Å². The van der Waals surface area contributed by atoms with Gasteiger partial charge in [-0.2, -0.15) is 0 Å². The fourth-order valence-corrected chi connectivity index (χ4v) is 7.00. The van der Waals surface area contributed by atoms with E-state index in [2.05, 4.69) is 27.4 Å². The first kappa shape index (κ1) is 24.1. The fourth-order valence-electron chi connectivity index (χ4n) is 7.00. The van der Waals surface area contributed by atoms with Crippen LogP contribution in [0.2, 0.25) is 0 Å². The van der Waals surface area contributed by atoms with Crippen molar-refractivity contribution in [1.82, 2.24) is 15.2 Å². The second-order valence-electron chi connectivity index (χ2n) is 11.5. The molecule has 0 radical (unpaired) electrons. The third-order valence-corrected chi connectivity index (χ3v) is 9.13. The Morgan fingerprint density at radius 1 is 0.974 bits per heavy atom. The molecule has 7 rings (SSSR count). The summed E-state index contributed by atoms with van der Waals surface area (Å²) in [6.07, 6.45) is 10.3. The van der Waals surface area contributed by atoms with Gasteiger partial charge in [0.25, 0.3) is 11.8 Å². The maximum Gasteiger partial charge on any atom is 0.263 e. The summed E-state index contributed by atoms with van der Waals surface area (Å²) in [5.41, 5.74) is 3.41. The number of carbonyl (C=O) groups is 3. The maximum absolute atomic E-state index is 13.6. The number of imide groups is 1. The Bertz CT molecular complexity index is 1510. The average Bonchev–Trinajstić information content (AvgIpc) is 3.67. The lowest BCUT2D eigenvalue weighted by Crippen LogP contribution is -2.42. The van der Waals surface area contributed by atoms with Crippen LogP contribution in [0.1, 0.15) is 52.0 Å². The number of para-hydroxylation sites is 1. The Labute approximate surface area is 227 Å². The minimum Gasteiger partial charge on any atom is -0.371 e. The van der Waals surface area contributed by atoms with Gasteiger partial charge in [-0.25, -0.2) is 0 Å². The van der Waals surface area contributed by atoms with Crippen molar-refractivity contribution in [1.29, 1.82) is 0 Å². The molecule has 2 aliphatic carbocycles. The number of rotatable bonds is 6. The number of amides is 3. The van der Waals surface area contributed by atoms with E-state index in [9.17, 15) is 14.4 Å². The Morgan fingerprint density at radius 3 is 2.62 bits per heavy atom. The molecule has 39 heavy (non-hydrogen) atoms. The van der Waals surface area contributed by atoms with E-state index < -0.39 is 0 Å². The molecule has 2 fully saturated rings. The molecule has 2 aliphatic heterocycles. The number of nitrogens with one attached hydrogen (secondary N) is 1. The number of aromatic nitrogens is 1. The van der Waals surface area contributed by atoms with Gasteiger partial charge in [-0.1, -0.05) is 36.4 Å². The van der Waals surface area contributed by atoms with E-state index in [1.807, 2.05) is 42.5 Å². The predicted molar refractivity (Wildman–Crippen MR) is 149 cm³/mol. The fraction of sp³-hybridized carbons (Fsp3) is 0.375. The third kappa shape index (κ3) is 4.30. The smallest absolute Gasteiger partial charge is 0.263 e. The van der Waals surface area contributed by atoms with Gasteiger partial charge >= 0.3 is 0 Å². The normalized spacial score (nSPS) is 24.2. The predicted octanol–water partition coefficient (Wildman–Crippen LogP) is 4.58. The number of anilines is 1. The Morgan fingerprint density at radius 2 is 1.82 bits per heavy atom. The van der Waals surface area contributed by atoms with Gasteiger partial charge in [0.1, 0.15) is 0 Å². The molecule has 0 unspecified atom stereocenters. The largest absolute Gasteiger partial charge is 0.371 e. The molecule has 3 heterocycles. The third-order valence-electron chi connectivity index (χ3n) is 9.13. The molecule has 3 amide bonds. The molecule has 7 nitrogen and oxygen atoms in total. The monoisotopic (exact) mass is 520 g/mol. The van der Waals surface area contributed by atoms with Crippen LogP contribution in [0.3, 0.4) is 0 Å². The van der Waals surface area contributed by atoms with Gasteiger partial charge in [-0.15, -0.1) is 0 Å². The highest BCUT2D eigenvalue weighted by molar-refractivity contribution is 6.23. The number of fused-ring (bicyclic) bond motifs is 4. The van der Waals surface area contributed by atoms with Gasteiger partial charge in [0.15, 0.2) is 0 Å². The second-order valence-corrected chi connectivity index (χ2v) is 11.5. The Hall–Kier alpha value is -4.00. The van der Waals surface area contributed by atoms with Crippen LogP contribution >= 0.6 is 0 Å². The lowest BCUT2D eigenvalue weighted by Gasteiger charge is -2.34. The zero-order valence-electron chi connectivity index (χ0n) is 21.9. The van der Waals surface area contributed by atoms with Gasteiger partial charge in [0.2, 0.25) is 5.91 Å². The van der Waals surface area contributed by atoms with Gasteiger partial charge in [0.05, 0.1) is 28.9 Å². The quantitative estimate of drug-likeness (QED) is 0.380. The molecular formula is C32H32N4O3. The zero-order valence-corrected chi connectivity index (χ0v) is 21.9. The van der Waals surface area contributed by atoms with E-state index in [1.165, 1.54) is 17.7 Å². The number of nitrogens with zero attached hydrogens (tertiary/aromatic N) is 3. The molecule has 3 aromatic rings. The van der Waals surface area contributed by atoms with E-state index in [0.717, 1.165) is 41.5 Å². The van der Waals surface area contributed by atoms with Gasteiger partial charge in [0, 0.05) is 37.1 Å². The molecule has 0 spiro atoms. The van der Waals surface area contributed by atoms with Crippen molar-refractivity contribution in [3.63, 3.8) is 0 Å². The average molecular weight is 521 g/mol. The van der Waals surface area contributed by atoms with Crippen LogP contribution in [0.5, 0.6) is 0 Å². The summed E-state index contributed by atoms with van der Waals surface area (Å²) in [6.45, 7) is 2.32. The van der Waals surface area contributed by atoms with Crippen molar-refractivity contribution in [2.75, 3.05) is 24.5 Å². The summed E-state index contributed by atoms with van der Waals surface area (Å²) >= 11 is 0. The highest BCUT2D eigenvalue weighted by Gasteiger charge is 2.40. The van der Waals surface area contributed by atoms with Crippen molar-refractivity contribution < 1.29 is 14.4 Å². The van der Waals surface area contributed by atoms with Crippen LogP contribution in [0.25, 0.3) is 10.9 Å². The first-order valence-electron chi connectivity index (χ1n) is 14.1. The van der Waals surface area contributed by atoms with Crippen molar-refractivity contribution in [3.8, 4) is 0 Å². The molecular weight excluding hydrogens is 488 g/mol. The lowest BCUT2D eigenvalue weighted by molar-refractivity contribution is -0.125. The molecule has 7 heteroatoms. The standard InChI is InChI=1S/C32H32N4O3/c37-30(34-18-25-15-20-8-9-23(25)14-20)22-10-12-35(13-11-22)28-7-3-5-26-29(28)32(39)36(31(26)38)19-21-16-24-4-1-2-6-27(24)33-17-21/h1-9,16-17,20,22-23,25H,10-15,18-19H2,(H,34,37)/t20-,23+,25-/m1/s1. The molecule has 1 saturated carbocycles.